The maximum absolute atomic E-state index is 12.4. The summed E-state index contributed by atoms with van der Waals surface area (Å²) in [6, 6.07) is 17.9. The number of sulfonamides is 1. The maximum atomic E-state index is 12.4. The number of ketones is 1. The second-order valence-corrected chi connectivity index (χ2v) is 7.24. The number of rotatable bonds is 5. The highest BCUT2D eigenvalue weighted by atomic mass is 32.2. The van der Waals surface area contributed by atoms with Gasteiger partial charge < -0.3 is 4.74 Å². The van der Waals surface area contributed by atoms with Crippen molar-refractivity contribution in [2.75, 3.05) is 7.11 Å². The zero-order valence-corrected chi connectivity index (χ0v) is 14.9. The summed E-state index contributed by atoms with van der Waals surface area (Å²) in [4.78, 5) is 12.2. The standard InChI is InChI=1S/C20H17NO4S/c1-25-19-11-9-17(13-20(19)26(21,23)24)18(22)10-7-14-6-8-15-4-2-3-5-16(15)12-14/h2-13H,1H3,(H2,21,23,24)/b10-7+. The summed E-state index contributed by atoms with van der Waals surface area (Å²) in [5.41, 5.74) is 1.09. The molecule has 0 spiro atoms. The number of fused-ring (bicyclic) bond motifs is 1. The Morgan fingerprint density at radius 2 is 1.73 bits per heavy atom. The quantitative estimate of drug-likeness (QED) is 0.553. The van der Waals surface area contributed by atoms with Crippen LogP contribution < -0.4 is 9.88 Å². The lowest BCUT2D eigenvalue weighted by molar-refractivity contribution is 0.104. The van der Waals surface area contributed by atoms with Gasteiger partial charge in [0.2, 0.25) is 10.0 Å². The highest BCUT2D eigenvalue weighted by Gasteiger charge is 2.17. The summed E-state index contributed by atoms with van der Waals surface area (Å²) in [6.45, 7) is 0. The van der Waals surface area contributed by atoms with Gasteiger partial charge in [-0.25, -0.2) is 13.6 Å². The molecule has 0 aliphatic heterocycles. The molecule has 3 aromatic rings. The van der Waals surface area contributed by atoms with Crippen molar-refractivity contribution in [2.24, 2.45) is 5.14 Å². The highest BCUT2D eigenvalue weighted by molar-refractivity contribution is 7.89. The van der Waals surface area contributed by atoms with E-state index in [0.717, 1.165) is 16.3 Å². The van der Waals surface area contributed by atoms with Crippen molar-refractivity contribution in [1.29, 1.82) is 0 Å². The number of primary sulfonamides is 1. The van der Waals surface area contributed by atoms with Crippen LogP contribution in [0.4, 0.5) is 0 Å². The third-order valence-electron chi connectivity index (χ3n) is 3.96. The minimum absolute atomic E-state index is 0.0996. The van der Waals surface area contributed by atoms with E-state index in [-0.39, 0.29) is 22.0 Å². The van der Waals surface area contributed by atoms with E-state index >= 15 is 0 Å². The molecule has 0 aliphatic carbocycles. The summed E-state index contributed by atoms with van der Waals surface area (Å²) < 4.78 is 28.3. The summed E-state index contributed by atoms with van der Waals surface area (Å²) in [5, 5.41) is 7.37. The van der Waals surface area contributed by atoms with Crippen LogP contribution in [0.25, 0.3) is 16.8 Å². The predicted molar refractivity (Wildman–Crippen MR) is 102 cm³/mol. The molecule has 0 unspecified atom stereocenters. The Balaban J connectivity index is 1.90. The molecule has 26 heavy (non-hydrogen) atoms. The minimum atomic E-state index is -3.99. The molecule has 0 fully saturated rings. The first kappa shape index (κ1) is 17.8. The highest BCUT2D eigenvalue weighted by Crippen LogP contribution is 2.24. The molecule has 0 aromatic heterocycles. The zero-order chi connectivity index (χ0) is 18.7. The van der Waals surface area contributed by atoms with Crippen molar-refractivity contribution in [3.8, 4) is 5.75 Å². The van der Waals surface area contributed by atoms with Crippen LogP contribution in [0.3, 0.4) is 0 Å². The van der Waals surface area contributed by atoms with Crippen molar-refractivity contribution >= 4 is 32.7 Å². The van der Waals surface area contributed by atoms with Gasteiger partial charge in [-0.15, -0.1) is 0 Å². The Labute approximate surface area is 151 Å². The smallest absolute Gasteiger partial charge is 0.241 e. The van der Waals surface area contributed by atoms with Gasteiger partial charge in [0, 0.05) is 5.56 Å². The van der Waals surface area contributed by atoms with Crippen molar-refractivity contribution in [2.45, 2.75) is 4.90 Å². The Bertz CT molecular complexity index is 1120. The molecule has 0 saturated carbocycles. The Kier molecular flexibility index (Phi) is 4.88. The molecule has 3 aromatic carbocycles. The van der Waals surface area contributed by atoms with Crippen molar-refractivity contribution in [3.05, 3.63) is 77.9 Å². The average Bonchev–Trinajstić information content (AvgIpc) is 2.64. The lowest BCUT2D eigenvalue weighted by atomic mass is 10.1. The van der Waals surface area contributed by atoms with Crippen LogP contribution in [0.2, 0.25) is 0 Å². The molecule has 3 rings (SSSR count). The molecule has 2 N–H and O–H groups in total. The molecule has 0 radical (unpaired) electrons. The molecular formula is C20H17NO4S. The van der Waals surface area contributed by atoms with Crippen molar-refractivity contribution < 1.29 is 17.9 Å². The van der Waals surface area contributed by atoms with E-state index in [0.29, 0.717) is 0 Å². The van der Waals surface area contributed by atoms with Crippen LogP contribution in [0.1, 0.15) is 15.9 Å². The molecule has 0 atom stereocenters. The largest absolute Gasteiger partial charge is 0.495 e. The molecular weight excluding hydrogens is 350 g/mol. The first-order chi connectivity index (χ1) is 12.4. The fraction of sp³-hybridized carbons (Fsp3) is 0.0500. The van der Waals surface area contributed by atoms with Crippen molar-refractivity contribution in [1.82, 2.24) is 0 Å². The van der Waals surface area contributed by atoms with Gasteiger partial charge >= 0.3 is 0 Å². The van der Waals surface area contributed by atoms with E-state index in [2.05, 4.69) is 0 Å². The van der Waals surface area contributed by atoms with E-state index in [1.165, 1.54) is 31.4 Å². The summed E-state index contributed by atoms with van der Waals surface area (Å²) in [7, 11) is -2.66. The number of carbonyl (C=O) groups excluding carboxylic acids is 1. The number of hydrogen-bond donors (Lipinski definition) is 1. The van der Waals surface area contributed by atoms with Crippen LogP contribution in [0.5, 0.6) is 5.75 Å². The maximum Gasteiger partial charge on any atom is 0.241 e. The van der Waals surface area contributed by atoms with Gasteiger partial charge in [-0.3, -0.25) is 4.79 Å². The van der Waals surface area contributed by atoms with E-state index in [1.807, 2.05) is 42.5 Å². The topological polar surface area (TPSA) is 86.5 Å². The van der Waals surface area contributed by atoms with E-state index < -0.39 is 10.0 Å². The molecule has 0 amide bonds. The van der Waals surface area contributed by atoms with Gasteiger partial charge in [-0.2, -0.15) is 0 Å². The Morgan fingerprint density at radius 1 is 1.00 bits per heavy atom. The lowest BCUT2D eigenvalue weighted by Crippen LogP contribution is -2.14. The molecule has 6 heteroatoms. The zero-order valence-electron chi connectivity index (χ0n) is 14.0. The van der Waals surface area contributed by atoms with Gasteiger partial charge in [-0.05, 0) is 46.7 Å². The first-order valence-electron chi connectivity index (χ1n) is 7.80. The normalized spacial score (nSPS) is 11.8. The van der Waals surface area contributed by atoms with Crippen LogP contribution in [-0.4, -0.2) is 21.3 Å². The predicted octanol–water partition coefficient (Wildman–Crippen LogP) is 3.39. The molecule has 5 nitrogen and oxygen atoms in total. The Morgan fingerprint density at radius 3 is 2.42 bits per heavy atom. The van der Waals surface area contributed by atoms with E-state index in [9.17, 15) is 13.2 Å². The van der Waals surface area contributed by atoms with Gasteiger partial charge in [0.1, 0.15) is 10.6 Å². The van der Waals surface area contributed by atoms with Gasteiger partial charge in [0.05, 0.1) is 7.11 Å². The molecule has 132 valence electrons. The SMILES string of the molecule is COc1ccc(C(=O)/C=C/c2ccc3ccccc3c2)cc1S(N)(=O)=O. The second-order valence-electron chi connectivity index (χ2n) is 5.71. The van der Waals surface area contributed by atoms with E-state index in [4.69, 9.17) is 9.88 Å². The number of ether oxygens (including phenoxy) is 1. The Hall–Kier alpha value is -2.96. The minimum Gasteiger partial charge on any atom is -0.495 e. The number of methoxy groups -OCH3 is 1. The second kappa shape index (κ2) is 7.11. The number of allylic oxidation sites excluding steroid dienone is 1. The lowest BCUT2D eigenvalue weighted by Gasteiger charge is -2.07. The van der Waals surface area contributed by atoms with Crippen LogP contribution in [0, 0.1) is 0 Å². The third kappa shape index (κ3) is 3.82. The summed E-state index contributed by atoms with van der Waals surface area (Å²) in [6.07, 6.45) is 3.09. The monoisotopic (exact) mass is 367 g/mol. The van der Waals surface area contributed by atoms with Crippen LogP contribution in [0.15, 0.2) is 71.6 Å². The number of benzene rings is 3. The number of carbonyl (C=O) groups is 1. The number of nitrogens with two attached hydrogens (primary N) is 1. The molecule has 0 bridgehead atoms. The van der Waals surface area contributed by atoms with Crippen molar-refractivity contribution in [3.63, 3.8) is 0 Å². The molecule has 0 saturated heterocycles. The average molecular weight is 367 g/mol. The molecule has 0 heterocycles. The van der Waals surface area contributed by atoms with Gasteiger partial charge in [0.15, 0.2) is 5.78 Å². The molecule has 0 aliphatic rings. The number of hydrogen-bond acceptors (Lipinski definition) is 4. The summed E-state index contributed by atoms with van der Waals surface area (Å²) >= 11 is 0. The van der Waals surface area contributed by atoms with Crippen LogP contribution in [-0.2, 0) is 10.0 Å². The summed E-state index contributed by atoms with van der Waals surface area (Å²) in [5.74, 6) is -0.228. The fourth-order valence-electron chi connectivity index (χ4n) is 2.63. The fourth-order valence-corrected chi connectivity index (χ4v) is 3.35. The first-order valence-corrected chi connectivity index (χ1v) is 9.35. The van der Waals surface area contributed by atoms with E-state index in [1.54, 1.807) is 6.08 Å². The van der Waals surface area contributed by atoms with Gasteiger partial charge in [0.25, 0.3) is 0 Å². The third-order valence-corrected chi connectivity index (χ3v) is 4.89. The van der Waals surface area contributed by atoms with Crippen LogP contribution >= 0.6 is 0 Å². The van der Waals surface area contributed by atoms with Gasteiger partial charge in [-0.1, -0.05) is 42.5 Å².